The first-order chi connectivity index (χ1) is 14.9. The fourth-order valence-electron chi connectivity index (χ4n) is 3.17. The molecular formula is C15H23N2O13PS. The topological polar surface area (TPSA) is 233 Å². The molecule has 3 rings (SSSR count). The number of nitrogens with zero attached hydrogens (tertiary/aromatic N) is 1. The zero-order valence-electron chi connectivity index (χ0n) is 16.1. The van der Waals surface area contributed by atoms with Crippen LogP contribution in [-0.4, -0.2) is 107 Å². The van der Waals surface area contributed by atoms with E-state index in [2.05, 4.69) is 0 Å². The van der Waals surface area contributed by atoms with Gasteiger partial charge >= 0.3 is 12.4 Å². The summed E-state index contributed by atoms with van der Waals surface area (Å²) < 4.78 is 21.2. The SMILES string of the molecule is O=c1ccn([C@@H]2O[C@H](COP(O)(=S)OC[C@H]3OC(O)[C@@H](O)[C@@H](O)[C@@H]3O)[C@@H](O)[C@H]2O)c(=O)[nH]1. The van der Waals surface area contributed by atoms with E-state index in [9.17, 15) is 45.1 Å². The third-order valence-electron chi connectivity index (χ3n) is 4.95. The van der Waals surface area contributed by atoms with E-state index in [0.717, 1.165) is 16.8 Å². The molecule has 10 atom stereocenters. The lowest BCUT2D eigenvalue weighted by Crippen LogP contribution is -2.58. The van der Waals surface area contributed by atoms with Crippen LogP contribution in [0.15, 0.2) is 21.9 Å². The Bertz CT molecular complexity index is 958. The van der Waals surface area contributed by atoms with E-state index < -0.39 is 86.4 Å². The summed E-state index contributed by atoms with van der Waals surface area (Å²) in [6, 6.07) is 1.02. The van der Waals surface area contributed by atoms with Crippen LogP contribution in [0.3, 0.4) is 0 Å². The quantitative estimate of drug-likeness (QED) is 0.164. The molecule has 1 aromatic rings. The smallest absolute Gasteiger partial charge is 0.330 e. The van der Waals surface area contributed by atoms with E-state index in [0.29, 0.717) is 0 Å². The lowest BCUT2D eigenvalue weighted by atomic mass is 10.00. The predicted octanol–water partition coefficient (Wildman–Crippen LogP) is -4.79. The summed E-state index contributed by atoms with van der Waals surface area (Å²) in [5, 5.41) is 58.8. The van der Waals surface area contributed by atoms with Gasteiger partial charge in [0.1, 0.15) is 42.7 Å². The molecular weight excluding hydrogens is 479 g/mol. The Morgan fingerprint density at radius 2 is 1.50 bits per heavy atom. The van der Waals surface area contributed by atoms with Gasteiger partial charge in [0, 0.05) is 12.3 Å². The van der Waals surface area contributed by atoms with Gasteiger partial charge < -0.3 is 54.1 Å². The van der Waals surface area contributed by atoms with Crippen molar-refractivity contribution in [2.75, 3.05) is 13.2 Å². The molecule has 3 heterocycles. The van der Waals surface area contributed by atoms with Gasteiger partial charge in [-0.15, -0.1) is 0 Å². The lowest BCUT2D eigenvalue weighted by molar-refractivity contribution is -0.285. The Kier molecular flexibility index (Phi) is 7.99. The molecule has 15 nitrogen and oxygen atoms in total. The van der Waals surface area contributed by atoms with Crippen LogP contribution >= 0.6 is 6.72 Å². The van der Waals surface area contributed by atoms with Crippen LogP contribution < -0.4 is 11.2 Å². The molecule has 1 aromatic heterocycles. The van der Waals surface area contributed by atoms with Crippen molar-refractivity contribution in [3.8, 4) is 0 Å². The maximum atomic E-state index is 11.9. The molecule has 0 spiro atoms. The molecule has 0 aliphatic carbocycles. The second kappa shape index (κ2) is 10.0. The number of aromatic nitrogens is 2. The third kappa shape index (κ3) is 5.51. The number of hydrogen-bond donors (Lipinski definition) is 8. The molecule has 2 aliphatic rings. The molecule has 32 heavy (non-hydrogen) atoms. The van der Waals surface area contributed by atoms with Crippen molar-refractivity contribution in [3.05, 3.63) is 33.1 Å². The normalized spacial score (nSPS) is 39.7. The molecule has 0 saturated carbocycles. The highest BCUT2D eigenvalue weighted by atomic mass is 32.5. The third-order valence-corrected chi connectivity index (χ3v) is 6.54. The first kappa shape index (κ1) is 25.5. The van der Waals surface area contributed by atoms with E-state index in [1.165, 1.54) is 0 Å². The number of hydrogen-bond acceptors (Lipinski definition) is 13. The number of H-pyrrole nitrogens is 1. The van der Waals surface area contributed by atoms with Gasteiger partial charge in [-0.05, 0) is 11.8 Å². The highest BCUT2D eigenvalue weighted by molar-refractivity contribution is 8.07. The molecule has 0 bridgehead atoms. The van der Waals surface area contributed by atoms with Gasteiger partial charge in [0.15, 0.2) is 12.5 Å². The van der Waals surface area contributed by atoms with Crippen LogP contribution in [0.4, 0.5) is 0 Å². The molecule has 8 N–H and O–H groups in total. The second-order valence-corrected chi connectivity index (χ2v) is 10.00. The van der Waals surface area contributed by atoms with Crippen molar-refractivity contribution < 1.29 is 54.1 Å². The van der Waals surface area contributed by atoms with Crippen molar-refractivity contribution >= 4 is 18.5 Å². The lowest BCUT2D eigenvalue weighted by Gasteiger charge is -2.38. The van der Waals surface area contributed by atoms with Crippen molar-refractivity contribution in [3.63, 3.8) is 0 Å². The highest BCUT2D eigenvalue weighted by Gasteiger charge is 2.46. The molecule has 17 heteroatoms. The van der Waals surface area contributed by atoms with Gasteiger partial charge in [-0.1, -0.05) is 0 Å². The second-order valence-electron chi connectivity index (χ2n) is 7.16. The minimum absolute atomic E-state index is 0.571. The average Bonchev–Trinajstić information content (AvgIpc) is 3.01. The summed E-state index contributed by atoms with van der Waals surface area (Å²) in [7, 11) is 0. The minimum atomic E-state index is -4.02. The standard InChI is InChI=1S/C15H23N2O13PS/c18-7-1-2-17(15(25)16-7)13-11(22)9(20)5(29-13)3-27-31(26,32)28-4-6-8(19)10(21)12(23)14(24)30-6/h1-2,5-6,8-14,19-24H,3-4H2,(H,26,32)(H,16,18,25)/t5-,6-,8-,9-,10+,11-,12+,13-,14?,31?/m1/s1. The Balaban J connectivity index is 1.56. The first-order valence-corrected chi connectivity index (χ1v) is 11.8. The van der Waals surface area contributed by atoms with E-state index in [-0.39, 0.29) is 0 Å². The van der Waals surface area contributed by atoms with Crippen LogP contribution in [0.5, 0.6) is 0 Å². The molecule has 182 valence electrons. The van der Waals surface area contributed by atoms with E-state index >= 15 is 0 Å². The fraction of sp³-hybridized carbons (Fsp3) is 0.733. The average molecular weight is 502 g/mol. The highest BCUT2D eigenvalue weighted by Crippen LogP contribution is 2.45. The maximum Gasteiger partial charge on any atom is 0.330 e. The first-order valence-electron chi connectivity index (χ1n) is 9.24. The Morgan fingerprint density at radius 3 is 2.09 bits per heavy atom. The van der Waals surface area contributed by atoms with Crippen molar-refractivity contribution in [1.29, 1.82) is 0 Å². The number of ether oxygens (including phenoxy) is 2. The van der Waals surface area contributed by atoms with E-state index in [1.807, 2.05) is 4.98 Å². The van der Waals surface area contributed by atoms with Gasteiger partial charge in [-0.25, -0.2) is 4.79 Å². The summed E-state index contributed by atoms with van der Waals surface area (Å²) >= 11 is 4.81. The molecule has 0 radical (unpaired) electrons. The molecule has 2 saturated heterocycles. The predicted molar refractivity (Wildman–Crippen MR) is 105 cm³/mol. The van der Waals surface area contributed by atoms with Gasteiger partial charge in [0.25, 0.3) is 5.56 Å². The Hall–Kier alpha value is -1.11. The van der Waals surface area contributed by atoms with Crippen LogP contribution in [0.2, 0.25) is 0 Å². The number of rotatable bonds is 7. The number of nitrogens with one attached hydrogen (secondary N) is 1. The summed E-state index contributed by atoms with van der Waals surface area (Å²) in [5.74, 6) is 0. The van der Waals surface area contributed by atoms with Crippen molar-refractivity contribution in [2.45, 2.75) is 55.2 Å². The largest absolute Gasteiger partial charge is 0.387 e. The summed E-state index contributed by atoms with van der Waals surface area (Å²) in [4.78, 5) is 35.2. The van der Waals surface area contributed by atoms with Crippen LogP contribution in [-0.2, 0) is 30.3 Å². The minimum Gasteiger partial charge on any atom is -0.387 e. The van der Waals surface area contributed by atoms with Crippen molar-refractivity contribution in [2.24, 2.45) is 0 Å². The Morgan fingerprint density at radius 1 is 0.938 bits per heavy atom. The molecule has 2 aliphatic heterocycles. The van der Waals surface area contributed by atoms with Crippen LogP contribution in [0.1, 0.15) is 6.23 Å². The zero-order chi connectivity index (χ0) is 23.8. The van der Waals surface area contributed by atoms with Crippen LogP contribution in [0, 0.1) is 0 Å². The number of aliphatic hydroxyl groups excluding tert-OH is 6. The van der Waals surface area contributed by atoms with Gasteiger partial charge in [-0.3, -0.25) is 14.3 Å². The molecule has 2 unspecified atom stereocenters. The number of aromatic amines is 1. The molecule has 2 fully saturated rings. The van der Waals surface area contributed by atoms with Gasteiger partial charge in [-0.2, -0.15) is 0 Å². The Labute approximate surface area is 184 Å². The van der Waals surface area contributed by atoms with Crippen molar-refractivity contribution in [1.82, 2.24) is 9.55 Å². The van der Waals surface area contributed by atoms with E-state index in [1.54, 1.807) is 0 Å². The summed E-state index contributed by atoms with van der Waals surface area (Å²) in [5.41, 5.74) is -1.55. The fourth-order valence-corrected chi connectivity index (χ4v) is 4.28. The van der Waals surface area contributed by atoms with Gasteiger partial charge in [0.05, 0.1) is 13.2 Å². The van der Waals surface area contributed by atoms with E-state index in [4.69, 9.17) is 30.3 Å². The van der Waals surface area contributed by atoms with Crippen LogP contribution in [0.25, 0.3) is 0 Å². The maximum absolute atomic E-state index is 11.9. The molecule has 0 amide bonds. The number of aliphatic hydroxyl groups is 6. The summed E-state index contributed by atoms with van der Waals surface area (Å²) in [6.07, 6.45) is -13.0. The monoisotopic (exact) mass is 502 g/mol. The van der Waals surface area contributed by atoms with Gasteiger partial charge in [0.2, 0.25) is 0 Å². The molecule has 0 aromatic carbocycles. The zero-order valence-corrected chi connectivity index (χ0v) is 17.9. The summed E-state index contributed by atoms with van der Waals surface area (Å²) in [6.45, 7) is -5.21.